The molecule has 0 aromatic heterocycles. The van der Waals surface area contributed by atoms with E-state index in [1.807, 2.05) is 27.7 Å². The van der Waals surface area contributed by atoms with E-state index in [0.29, 0.717) is 5.17 Å². The van der Waals surface area contributed by atoms with Crippen LogP contribution < -0.4 is 5.32 Å². The van der Waals surface area contributed by atoms with E-state index in [0.717, 1.165) is 0 Å². The summed E-state index contributed by atoms with van der Waals surface area (Å²) in [6, 6.07) is 0.450. The number of rotatable bonds is 4. The highest BCUT2D eigenvalue weighted by Gasteiger charge is 2.06. The Bertz CT molecular complexity index is 215. The molecule has 0 aliphatic rings. The van der Waals surface area contributed by atoms with Crippen LogP contribution in [0.25, 0.3) is 0 Å². The molecule has 0 fully saturated rings. The number of carboxylic acids is 1. The minimum atomic E-state index is -0.822. The zero-order valence-electron chi connectivity index (χ0n) is 9.07. The largest absolute Gasteiger partial charge is 0.481 e. The number of nitrogens with zero attached hydrogens (tertiary/aromatic N) is 1. The molecule has 0 aromatic rings. The van der Waals surface area contributed by atoms with Gasteiger partial charge in [0.25, 0.3) is 0 Å². The number of aliphatic imine (C=N–C) groups is 1. The maximum Gasteiger partial charge on any atom is 0.313 e. The second-order valence-electron chi connectivity index (χ2n) is 3.51. The molecule has 0 radical (unpaired) electrons. The normalized spacial score (nSPS) is 12.3. The Labute approximate surface area is 89.2 Å². The van der Waals surface area contributed by atoms with Gasteiger partial charge in [-0.1, -0.05) is 11.8 Å². The molecule has 82 valence electrons. The third kappa shape index (κ3) is 7.91. The van der Waals surface area contributed by atoms with E-state index in [9.17, 15) is 4.79 Å². The van der Waals surface area contributed by atoms with Crippen molar-refractivity contribution in [2.75, 3.05) is 5.75 Å². The molecule has 5 heteroatoms. The number of carbonyl (C=O) groups is 1. The average Bonchev–Trinajstić information content (AvgIpc) is 1.97. The number of nitrogens with one attached hydrogen (secondary N) is 1. The first-order valence-corrected chi connectivity index (χ1v) is 5.59. The summed E-state index contributed by atoms with van der Waals surface area (Å²) in [5, 5.41) is 12.3. The van der Waals surface area contributed by atoms with E-state index in [2.05, 4.69) is 10.3 Å². The Morgan fingerprint density at radius 2 is 2.00 bits per heavy atom. The van der Waals surface area contributed by atoms with Crippen molar-refractivity contribution >= 4 is 22.9 Å². The molecular weight excluding hydrogens is 200 g/mol. The second-order valence-corrected chi connectivity index (χ2v) is 4.47. The summed E-state index contributed by atoms with van der Waals surface area (Å²) < 4.78 is 0. The number of amidine groups is 1. The lowest BCUT2D eigenvalue weighted by molar-refractivity contribution is -0.133. The predicted octanol–water partition coefficient (Wildman–Crippen LogP) is 1.57. The lowest BCUT2D eigenvalue weighted by atomic mass is 10.4. The molecule has 0 aromatic carbocycles. The molecular formula is C9H18N2O2S. The van der Waals surface area contributed by atoms with Crippen molar-refractivity contribution < 1.29 is 9.90 Å². The van der Waals surface area contributed by atoms with Crippen LogP contribution in [-0.4, -0.2) is 34.1 Å². The Kier molecular flexibility index (Phi) is 6.36. The second kappa shape index (κ2) is 6.70. The minimum absolute atomic E-state index is 0.0469. The van der Waals surface area contributed by atoms with E-state index in [-0.39, 0.29) is 17.8 Å². The van der Waals surface area contributed by atoms with Gasteiger partial charge in [0.1, 0.15) is 0 Å². The molecule has 0 atom stereocenters. The molecule has 0 saturated heterocycles. The monoisotopic (exact) mass is 218 g/mol. The first kappa shape index (κ1) is 13.3. The molecule has 0 rings (SSSR count). The Balaban J connectivity index is 4.18. The van der Waals surface area contributed by atoms with Gasteiger partial charge in [0, 0.05) is 12.1 Å². The maximum atomic E-state index is 10.4. The molecule has 0 amide bonds. The van der Waals surface area contributed by atoms with Crippen LogP contribution in [0.2, 0.25) is 0 Å². The van der Waals surface area contributed by atoms with Gasteiger partial charge in [-0.2, -0.15) is 0 Å². The van der Waals surface area contributed by atoms with Crippen molar-refractivity contribution in [2.24, 2.45) is 4.99 Å². The number of thioether (sulfide) groups is 1. The van der Waals surface area contributed by atoms with Crippen LogP contribution in [0.3, 0.4) is 0 Å². The number of hydrogen-bond donors (Lipinski definition) is 2. The molecule has 0 aliphatic carbocycles. The summed E-state index contributed by atoms with van der Waals surface area (Å²) in [7, 11) is 0. The SMILES string of the molecule is CC(C)N=C(NC(C)C)SCC(=O)O. The van der Waals surface area contributed by atoms with E-state index in [1.165, 1.54) is 11.8 Å². The van der Waals surface area contributed by atoms with Crippen LogP contribution >= 0.6 is 11.8 Å². The van der Waals surface area contributed by atoms with Crippen LogP contribution in [0.1, 0.15) is 27.7 Å². The predicted molar refractivity (Wildman–Crippen MR) is 60.9 cm³/mol. The summed E-state index contributed by atoms with van der Waals surface area (Å²) in [6.45, 7) is 7.92. The first-order valence-electron chi connectivity index (χ1n) is 4.60. The van der Waals surface area contributed by atoms with Gasteiger partial charge in [-0.15, -0.1) is 0 Å². The summed E-state index contributed by atoms with van der Waals surface area (Å²) in [5.41, 5.74) is 0. The fraction of sp³-hybridized carbons (Fsp3) is 0.778. The molecule has 0 bridgehead atoms. The van der Waals surface area contributed by atoms with E-state index in [1.54, 1.807) is 0 Å². The summed E-state index contributed by atoms with van der Waals surface area (Å²) in [5.74, 6) is -0.775. The van der Waals surface area contributed by atoms with Gasteiger partial charge >= 0.3 is 5.97 Å². The first-order chi connectivity index (χ1) is 6.41. The molecule has 0 spiro atoms. The van der Waals surface area contributed by atoms with Gasteiger partial charge in [0.2, 0.25) is 0 Å². The topological polar surface area (TPSA) is 61.7 Å². The smallest absolute Gasteiger partial charge is 0.313 e. The van der Waals surface area contributed by atoms with Crippen molar-refractivity contribution in [2.45, 2.75) is 39.8 Å². The van der Waals surface area contributed by atoms with Crippen molar-refractivity contribution in [3.8, 4) is 0 Å². The van der Waals surface area contributed by atoms with Gasteiger partial charge in [-0.25, -0.2) is 0 Å². The number of carboxylic acid groups (broad SMARTS) is 1. The molecule has 0 saturated carbocycles. The third-order valence-corrected chi connectivity index (χ3v) is 2.01. The molecule has 4 nitrogen and oxygen atoms in total. The number of hydrogen-bond acceptors (Lipinski definition) is 3. The van der Waals surface area contributed by atoms with Gasteiger partial charge < -0.3 is 10.4 Å². The highest BCUT2D eigenvalue weighted by atomic mass is 32.2. The lowest BCUT2D eigenvalue weighted by Gasteiger charge is -2.12. The highest BCUT2D eigenvalue weighted by Crippen LogP contribution is 2.04. The van der Waals surface area contributed by atoms with Crippen molar-refractivity contribution in [1.82, 2.24) is 5.32 Å². The van der Waals surface area contributed by atoms with Crippen molar-refractivity contribution in [1.29, 1.82) is 0 Å². The summed E-state index contributed by atoms with van der Waals surface area (Å²) in [6.07, 6.45) is 0. The third-order valence-electron chi connectivity index (χ3n) is 1.12. The lowest BCUT2D eigenvalue weighted by Crippen LogP contribution is -2.29. The van der Waals surface area contributed by atoms with Crippen molar-refractivity contribution in [3.63, 3.8) is 0 Å². The zero-order valence-corrected chi connectivity index (χ0v) is 9.89. The Hall–Kier alpha value is -0.710. The van der Waals surface area contributed by atoms with Crippen molar-refractivity contribution in [3.05, 3.63) is 0 Å². The van der Waals surface area contributed by atoms with E-state index in [4.69, 9.17) is 5.11 Å². The van der Waals surface area contributed by atoms with Crippen LogP contribution in [0.15, 0.2) is 4.99 Å². The maximum absolute atomic E-state index is 10.4. The summed E-state index contributed by atoms with van der Waals surface area (Å²) >= 11 is 1.23. The van der Waals surface area contributed by atoms with Crippen LogP contribution in [-0.2, 0) is 4.79 Å². The fourth-order valence-corrected chi connectivity index (χ4v) is 1.59. The summed E-state index contributed by atoms with van der Waals surface area (Å²) in [4.78, 5) is 14.7. The standard InChI is InChI=1S/C9H18N2O2S/c1-6(2)10-9(11-7(3)4)14-5-8(12)13/h6-7H,5H2,1-4H3,(H,10,11)(H,12,13). The quantitative estimate of drug-likeness (QED) is 0.555. The highest BCUT2D eigenvalue weighted by molar-refractivity contribution is 8.14. The van der Waals surface area contributed by atoms with E-state index < -0.39 is 5.97 Å². The van der Waals surface area contributed by atoms with Crippen LogP contribution in [0.5, 0.6) is 0 Å². The van der Waals surface area contributed by atoms with Crippen LogP contribution in [0, 0.1) is 0 Å². The Morgan fingerprint density at radius 1 is 1.43 bits per heavy atom. The molecule has 0 heterocycles. The molecule has 0 aliphatic heterocycles. The Morgan fingerprint density at radius 3 is 2.36 bits per heavy atom. The molecule has 2 N–H and O–H groups in total. The fourth-order valence-electron chi connectivity index (χ4n) is 0.728. The van der Waals surface area contributed by atoms with Crippen LogP contribution in [0.4, 0.5) is 0 Å². The van der Waals surface area contributed by atoms with Gasteiger partial charge in [-0.3, -0.25) is 9.79 Å². The molecule has 14 heavy (non-hydrogen) atoms. The number of aliphatic carboxylic acids is 1. The average molecular weight is 218 g/mol. The van der Waals surface area contributed by atoms with E-state index >= 15 is 0 Å². The van der Waals surface area contributed by atoms with Gasteiger partial charge in [0.15, 0.2) is 5.17 Å². The molecule has 0 unspecified atom stereocenters. The van der Waals surface area contributed by atoms with Gasteiger partial charge in [-0.05, 0) is 27.7 Å². The minimum Gasteiger partial charge on any atom is -0.481 e. The van der Waals surface area contributed by atoms with Gasteiger partial charge in [0.05, 0.1) is 5.75 Å². The zero-order chi connectivity index (χ0) is 11.1.